The second kappa shape index (κ2) is 7.53. The number of hydrogen-bond acceptors (Lipinski definition) is 5. The van der Waals surface area contributed by atoms with E-state index in [2.05, 4.69) is 10.3 Å². The SMILES string of the molecule is CCSc1nc(=O)c2c(n1C)NC(=O)CC2c1ccc(OC(C)C)cc1. The summed E-state index contributed by atoms with van der Waals surface area (Å²) in [6.45, 7) is 5.94. The van der Waals surface area contributed by atoms with Crippen molar-refractivity contribution < 1.29 is 9.53 Å². The average Bonchev–Trinajstić information content (AvgIpc) is 2.59. The molecule has 1 unspecified atom stereocenters. The summed E-state index contributed by atoms with van der Waals surface area (Å²) in [5.74, 6) is 1.71. The van der Waals surface area contributed by atoms with Crippen molar-refractivity contribution in [2.75, 3.05) is 11.1 Å². The predicted molar refractivity (Wildman–Crippen MR) is 103 cm³/mol. The molecule has 1 N–H and O–H groups in total. The topological polar surface area (TPSA) is 73.2 Å². The molecule has 0 spiro atoms. The molecule has 0 saturated heterocycles. The lowest BCUT2D eigenvalue weighted by Crippen LogP contribution is -2.33. The number of hydrogen-bond donors (Lipinski definition) is 1. The number of carbonyl (C=O) groups is 1. The molecule has 1 aromatic heterocycles. The third-order valence-corrected chi connectivity index (χ3v) is 5.14. The highest BCUT2D eigenvalue weighted by molar-refractivity contribution is 7.99. The second-order valence-corrected chi connectivity index (χ2v) is 7.73. The number of aromatic nitrogens is 2. The van der Waals surface area contributed by atoms with Gasteiger partial charge in [0.05, 0.1) is 11.7 Å². The number of carbonyl (C=O) groups excluding carboxylic acids is 1. The van der Waals surface area contributed by atoms with Crippen LogP contribution < -0.4 is 15.6 Å². The molecule has 138 valence electrons. The average molecular weight is 373 g/mol. The van der Waals surface area contributed by atoms with Crippen molar-refractivity contribution in [2.45, 2.75) is 44.4 Å². The van der Waals surface area contributed by atoms with Crippen LogP contribution in [0.15, 0.2) is 34.2 Å². The molecular formula is C19H23N3O3S. The van der Waals surface area contributed by atoms with Gasteiger partial charge in [-0.05, 0) is 37.3 Å². The number of benzene rings is 1. The van der Waals surface area contributed by atoms with Gasteiger partial charge < -0.3 is 14.6 Å². The third-order valence-electron chi connectivity index (χ3n) is 4.23. The van der Waals surface area contributed by atoms with Crippen LogP contribution in [0, 0.1) is 0 Å². The number of amides is 1. The Labute approximate surface area is 157 Å². The minimum atomic E-state index is -0.307. The summed E-state index contributed by atoms with van der Waals surface area (Å²) >= 11 is 1.48. The quantitative estimate of drug-likeness (QED) is 0.644. The van der Waals surface area contributed by atoms with E-state index in [-0.39, 0.29) is 29.9 Å². The standard InChI is InChI=1S/C19H23N3O3S/c1-5-26-19-21-18(24)16-14(10-15(23)20-17(16)22(19)4)12-6-8-13(9-7-12)25-11(2)3/h6-9,11,14H,5,10H2,1-4H3,(H,20,23). The van der Waals surface area contributed by atoms with Gasteiger partial charge in [-0.3, -0.25) is 9.59 Å². The molecule has 26 heavy (non-hydrogen) atoms. The molecule has 2 aromatic rings. The van der Waals surface area contributed by atoms with Gasteiger partial charge in [0.15, 0.2) is 5.16 Å². The lowest BCUT2D eigenvalue weighted by molar-refractivity contribution is -0.116. The molecule has 2 heterocycles. The number of anilines is 1. The summed E-state index contributed by atoms with van der Waals surface area (Å²) < 4.78 is 7.47. The van der Waals surface area contributed by atoms with Crippen LogP contribution in [0.25, 0.3) is 0 Å². The minimum absolute atomic E-state index is 0.0908. The maximum absolute atomic E-state index is 12.7. The first kappa shape index (κ1) is 18.5. The summed E-state index contributed by atoms with van der Waals surface area (Å²) in [4.78, 5) is 29.2. The van der Waals surface area contributed by atoms with E-state index >= 15 is 0 Å². The summed E-state index contributed by atoms with van der Waals surface area (Å²) in [5, 5.41) is 3.46. The van der Waals surface area contributed by atoms with Gasteiger partial charge in [-0.25, -0.2) is 0 Å². The molecule has 3 rings (SSSR count). The Balaban J connectivity index is 2.05. The highest BCUT2D eigenvalue weighted by Crippen LogP contribution is 2.36. The zero-order chi connectivity index (χ0) is 18.8. The van der Waals surface area contributed by atoms with E-state index in [1.807, 2.05) is 52.1 Å². The maximum Gasteiger partial charge on any atom is 0.279 e. The van der Waals surface area contributed by atoms with Crippen LogP contribution in [-0.4, -0.2) is 27.3 Å². The van der Waals surface area contributed by atoms with E-state index in [9.17, 15) is 9.59 Å². The molecule has 1 aliphatic rings. The molecular weight excluding hydrogens is 350 g/mol. The number of nitrogens with zero attached hydrogens (tertiary/aromatic N) is 2. The molecule has 1 aliphatic heterocycles. The van der Waals surface area contributed by atoms with E-state index in [4.69, 9.17) is 4.74 Å². The molecule has 0 aliphatic carbocycles. The molecule has 0 fully saturated rings. The second-order valence-electron chi connectivity index (χ2n) is 6.49. The third kappa shape index (κ3) is 3.62. The Bertz CT molecular complexity index is 875. The number of nitrogens with one attached hydrogen (secondary N) is 1. The van der Waals surface area contributed by atoms with Crippen molar-refractivity contribution in [3.8, 4) is 5.75 Å². The van der Waals surface area contributed by atoms with Crippen LogP contribution in [0.5, 0.6) is 5.75 Å². The first-order valence-electron chi connectivity index (χ1n) is 8.70. The Morgan fingerprint density at radius 3 is 2.62 bits per heavy atom. The van der Waals surface area contributed by atoms with Gasteiger partial charge in [0.2, 0.25) is 5.91 Å². The van der Waals surface area contributed by atoms with Crippen molar-refractivity contribution in [3.63, 3.8) is 0 Å². The summed E-state index contributed by atoms with van der Waals surface area (Å²) in [7, 11) is 1.82. The van der Waals surface area contributed by atoms with Gasteiger partial charge in [0, 0.05) is 19.4 Å². The minimum Gasteiger partial charge on any atom is -0.491 e. The number of fused-ring (bicyclic) bond motifs is 1. The Morgan fingerprint density at radius 2 is 2.00 bits per heavy atom. The fraction of sp³-hybridized carbons (Fsp3) is 0.421. The molecule has 1 aromatic carbocycles. The summed E-state index contributed by atoms with van der Waals surface area (Å²) in [6, 6.07) is 7.58. The summed E-state index contributed by atoms with van der Waals surface area (Å²) in [6.07, 6.45) is 0.321. The van der Waals surface area contributed by atoms with Crippen molar-refractivity contribution in [1.29, 1.82) is 0 Å². The lowest BCUT2D eigenvalue weighted by atomic mass is 9.87. The van der Waals surface area contributed by atoms with Crippen LogP contribution in [0.1, 0.15) is 44.2 Å². The van der Waals surface area contributed by atoms with Crippen LogP contribution in [0.4, 0.5) is 5.82 Å². The number of rotatable bonds is 5. The van der Waals surface area contributed by atoms with Gasteiger partial charge >= 0.3 is 0 Å². The molecule has 0 radical (unpaired) electrons. The van der Waals surface area contributed by atoms with E-state index in [1.54, 1.807) is 4.57 Å². The van der Waals surface area contributed by atoms with Gasteiger partial charge in [0.1, 0.15) is 11.6 Å². The van der Waals surface area contributed by atoms with Crippen molar-refractivity contribution in [2.24, 2.45) is 7.05 Å². The monoisotopic (exact) mass is 373 g/mol. The fourth-order valence-corrected chi connectivity index (χ4v) is 3.82. The van der Waals surface area contributed by atoms with Gasteiger partial charge in [0.25, 0.3) is 5.56 Å². The Morgan fingerprint density at radius 1 is 1.31 bits per heavy atom. The van der Waals surface area contributed by atoms with Crippen LogP contribution in [0.2, 0.25) is 0 Å². The predicted octanol–water partition coefficient (Wildman–Crippen LogP) is 3.15. The Hall–Kier alpha value is -2.28. The molecule has 1 amide bonds. The van der Waals surface area contributed by atoms with Crippen molar-refractivity contribution in [1.82, 2.24) is 9.55 Å². The van der Waals surface area contributed by atoms with Gasteiger partial charge in [-0.1, -0.05) is 30.8 Å². The molecule has 0 saturated carbocycles. The van der Waals surface area contributed by atoms with Gasteiger partial charge in [-0.2, -0.15) is 4.98 Å². The number of ether oxygens (including phenoxy) is 1. The van der Waals surface area contributed by atoms with E-state index in [1.165, 1.54) is 11.8 Å². The van der Waals surface area contributed by atoms with E-state index in [0.717, 1.165) is 17.1 Å². The Kier molecular flexibility index (Phi) is 5.36. The molecule has 7 heteroatoms. The van der Waals surface area contributed by atoms with Crippen LogP contribution in [-0.2, 0) is 11.8 Å². The van der Waals surface area contributed by atoms with Crippen LogP contribution in [0.3, 0.4) is 0 Å². The summed E-state index contributed by atoms with van der Waals surface area (Å²) in [5.41, 5.74) is 1.18. The fourth-order valence-electron chi connectivity index (χ4n) is 3.13. The van der Waals surface area contributed by atoms with Gasteiger partial charge in [-0.15, -0.1) is 0 Å². The maximum atomic E-state index is 12.7. The molecule has 6 nitrogen and oxygen atoms in total. The zero-order valence-corrected chi connectivity index (χ0v) is 16.2. The molecule has 1 atom stereocenters. The van der Waals surface area contributed by atoms with E-state index < -0.39 is 0 Å². The first-order chi connectivity index (χ1) is 12.4. The van der Waals surface area contributed by atoms with Crippen molar-refractivity contribution in [3.05, 3.63) is 45.7 Å². The normalized spacial score (nSPS) is 16.3. The smallest absolute Gasteiger partial charge is 0.279 e. The largest absolute Gasteiger partial charge is 0.491 e. The zero-order valence-electron chi connectivity index (χ0n) is 15.4. The van der Waals surface area contributed by atoms with Crippen LogP contribution >= 0.6 is 11.8 Å². The number of thioether (sulfide) groups is 1. The molecule has 0 bridgehead atoms. The van der Waals surface area contributed by atoms with Crippen molar-refractivity contribution >= 4 is 23.5 Å². The first-order valence-corrected chi connectivity index (χ1v) is 9.69. The van der Waals surface area contributed by atoms with E-state index in [0.29, 0.717) is 16.5 Å². The highest BCUT2D eigenvalue weighted by atomic mass is 32.2. The highest BCUT2D eigenvalue weighted by Gasteiger charge is 2.32. The lowest BCUT2D eigenvalue weighted by Gasteiger charge is -2.27.